The van der Waals surface area contributed by atoms with Crippen molar-refractivity contribution in [2.75, 3.05) is 6.61 Å². The molecule has 74 valence electrons. The van der Waals surface area contributed by atoms with Crippen LogP contribution in [0.3, 0.4) is 0 Å². The Bertz CT molecular complexity index is 172. The predicted molar refractivity (Wildman–Crippen MR) is 49.9 cm³/mol. The second kappa shape index (κ2) is 9.05. The van der Waals surface area contributed by atoms with Gasteiger partial charge in [0, 0.05) is 12.8 Å². The minimum Gasteiger partial charge on any atom is -0.466 e. The first-order valence-corrected chi connectivity index (χ1v) is 4.83. The molecular formula is C10H17NO2. The van der Waals surface area contributed by atoms with Gasteiger partial charge >= 0.3 is 5.97 Å². The van der Waals surface area contributed by atoms with Gasteiger partial charge in [-0.3, -0.25) is 4.79 Å². The van der Waals surface area contributed by atoms with Gasteiger partial charge in [0.05, 0.1) is 12.7 Å². The molecule has 0 unspecified atom stereocenters. The topological polar surface area (TPSA) is 50.1 Å². The number of nitrogens with zero attached hydrogens (tertiary/aromatic N) is 1. The highest BCUT2D eigenvalue weighted by atomic mass is 16.5. The molecule has 0 heterocycles. The Morgan fingerprint density at radius 2 is 2.00 bits per heavy atom. The first kappa shape index (κ1) is 12.0. The van der Waals surface area contributed by atoms with Crippen LogP contribution in [0.25, 0.3) is 0 Å². The van der Waals surface area contributed by atoms with Gasteiger partial charge in [-0.2, -0.15) is 5.26 Å². The summed E-state index contributed by atoms with van der Waals surface area (Å²) in [6, 6.07) is 2.10. The van der Waals surface area contributed by atoms with Crippen LogP contribution < -0.4 is 0 Å². The third-order valence-corrected chi connectivity index (χ3v) is 1.73. The number of ether oxygens (including phenoxy) is 1. The summed E-state index contributed by atoms with van der Waals surface area (Å²) in [5.41, 5.74) is 0. The Morgan fingerprint density at radius 3 is 2.62 bits per heavy atom. The number of unbranched alkanes of at least 4 members (excludes halogenated alkanes) is 4. The van der Waals surface area contributed by atoms with Crippen LogP contribution in [0.2, 0.25) is 0 Å². The van der Waals surface area contributed by atoms with Gasteiger partial charge in [-0.1, -0.05) is 19.8 Å². The van der Waals surface area contributed by atoms with E-state index in [1.54, 1.807) is 6.92 Å². The van der Waals surface area contributed by atoms with Crippen LogP contribution in [0, 0.1) is 11.3 Å². The average molecular weight is 183 g/mol. The van der Waals surface area contributed by atoms with Crippen molar-refractivity contribution in [2.24, 2.45) is 0 Å². The molecule has 0 saturated carbocycles. The van der Waals surface area contributed by atoms with Crippen LogP contribution in [0.1, 0.15) is 45.4 Å². The third kappa shape index (κ3) is 8.87. The van der Waals surface area contributed by atoms with Crippen molar-refractivity contribution in [2.45, 2.75) is 45.4 Å². The highest BCUT2D eigenvalue weighted by molar-refractivity contribution is 5.68. The van der Waals surface area contributed by atoms with Crippen LogP contribution in [-0.2, 0) is 9.53 Å². The number of carbonyl (C=O) groups is 1. The predicted octanol–water partition coefficient (Wildman–Crippen LogP) is 2.41. The Labute approximate surface area is 79.7 Å². The molecule has 0 N–H and O–H groups in total. The number of rotatable bonds is 7. The molecule has 3 heteroatoms. The van der Waals surface area contributed by atoms with Crippen molar-refractivity contribution in [1.82, 2.24) is 0 Å². The maximum Gasteiger partial charge on any atom is 0.305 e. The Balaban J connectivity index is 3.00. The van der Waals surface area contributed by atoms with E-state index >= 15 is 0 Å². The fraction of sp³-hybridized carbons (Fsp3) is 0.800. The molecule has 0 aliphatic rings. The zero-order chi connectivity index (χ0) is 9.94. The molecular weight excluding hydrogens is 166 g/mol. The van der Waals surface area contributed by atoms with E-state index in [-0.39, 0.29) is 5.97 Å². The lowest BCUT2D eigenvalue weighted by Gasteiger charge is -2.01. The number of esters is 1. The second-order valence-electron chi connectivity index (χ2n) is 2.90. The minimum absolute atomic E-state index is 0.128. The zero-order valence-corrected chi connectivity index (χ0v) is 8.21. The SMILES string of the molecule is CCC(=O)OCCCCCCC#N. The molecule has 0 aliphatic heterocycles. The summed E-state index contributed by atoms with van der Waals surface area (Å²) in [6.07, 6.45) is 5.05. The van der Waals surface area contributed by atoms with Gasteiger partial charge in [0.2, 0.25) is 0 Å². The largest absolute Gasteiger partial charge is 0.466 e. The Morgan fingerprint density at radius 1 is 1.31 bits per heavy atom. The molecule has 0 fully saturated rings. The van der Waals surface area contributed by atoms with Crippen molar-refractivity contribution in [3.8, 4) is 6.07 Å². The summed E-state index contributed by atoms with van der Waals surface area (Å²) >= 11 is 0. The number of carbonyl (C=O) groups excluding carboxylic acids is 1. The Kier molecular flexibility index (Phi) is 8.33. The summed E-state index contributed by atoms with van der Waals surface area (Å²) in [7, 11) is 0. The smallest absolute Gasteiger partial charge is 0.305 e. The maximum atomic E-state index is 10.7. The van der Waals surface area contributed by atoms with Crippen LogP contribution >= 0.6 is 0 Å². The van der Waals surface area contributed by atoms with Crippen LogP contribution in [-0.4, -0.2) is 12.6 Å². The van der Waals surface area contributed by atoms with E-state index in [2.05, 4.69) is 6.07 Å². The molecule has 0 rings (SSSR count). The lowest BCUT2D eigenvalue weighted by molar-refractivity contribution is -0.143. The lowest BCUT2D eigenvalue weighted by Crippen LogP contribution is -2.03. The van der Waals surface area contributed by atoms with Gasteiger partial charge in [0.1, 0.15) is 0 Å². The molecule has 0 radical (unpaired) electrons. The molecule has 0 spiro atoms. The van der Waals surface area contributed by atoms with Gasteiger partial charge in [0.25, 0.3) is 0 Å². The third-order valence-electron chi connectivity index (χ3n) is 1.73. The summed E-state index contributed by atoms with van der Waals surface area (Å²) in [5, 5.41) is 8.25. The molecule has 0 saturated heterocycles. The standard InChI is InChI=1S/C10H17NO2/c1-2-10(12)13-9-7-5-3-4-6-8-11/h2-7,9H2,1H3. The molecule has 0 atom stereocenters. The zero-order valence-electron chi connectivity index (χ0n) is 8.21. The van der Waals surface area contributed by atoms with E-state index < -0.39 is 0 Å². The van der Waals surface area contributed by atoms with Crippen LogP contribution in [0.15, 0.2) is 0 Å². The highest BCUT2D eigenvalue weighted by Gasteiger charge is 1.96. The van der Waals surface area contributed by atoms with Crippen LogP contribution in [0.5, 0.6) is 0 Å². The second-order valence-corrected chi connectivity index (χ2v) is 2.90. The summed E-state index contributed by atoms with van der Waals surface area (Å²) < 4.78 is 4.89. The van der Waals surface area contributed by atoms with Gasteiger partial charge in [-0.15, -0.1) is 0 Å². The lowest BCUT2D eigenvalue weighted by atomic mass is 10.2. The van der Waals surface area contributed by atoms with E-state index in [0.29, 0.717) is 19.4 Å². The molecule has 3 nitrogen and oxygen atoms in total. The fourth-order valence-corrected chi connectivity index (χ4v) is 0.948. The highest BCUT2D eigenvalue weighted by Crippen LogP contribution is 2.02. The normalized spacial score (nSPS) is 9.23. The van der Waals surface area contributed by atoms with Gasteiger partial charge in [-0.25, -0.2) is 0 Å². The molecule has 0 aliphatic carbocycles. The fourth-order valence-electron chi connectivity index (χ4n) is 0.948. The maximum absolute atomic E-state index is 10.7. The molecule has 0 aromatic heterocycles. The van der Waals surface area contributed by atoms with E-state index in [9.17, 15) is 4.79 Å². The van der Waals surface area contributed by atoms with E-state index in [0.717, 1.165) is 25.7 Å². The number of hydrogen-bond acceptors (Lipinski definition) is 3. The monoisotopic (exact) mass is 183 g/mol. The van der Waals surface area contributed by atoms with Crippen LogP contribution in [0.4, 0.5) is 0 Å². The minimum atomic E-state index is -0.128. The van der Waals surface area contributed by atoms with Crippen molar-refractivity contribution in [3.63, 3.8) is 0 Å². The molecule has 0 aromatic carbocycles. The van der Waals surface area contributed by atoms with Crippen molar-refractivity contribution >= 4 is 5.97 Å². The Hall–Kier alpha value is -1.04. The van der Waals surface area contributed by atoms with Gasteiger partial charge in [0.15, 0.2) is 0 Å². The van der Waals surface area contributed by atoms with E-state index in [4.69, 9.17) is 10.00 Å². The number of hydrogen-bond donors (Lipinski definition) is 0. The molecule has 0 aromatic rings. The summed E-state index contributed by atoms with van der Waals surface area (Å²) in [5.74, 6) is -0.128. The van der Waals surface area contributed by atoms with Gasteiger partial charge < -0.3 is 4.74 Å². The number of nitriles is 1. The van der Waals surface area contributed by atoms with Crippen molar-refractivity contribution in [3.05, 3.63) is 0 Å². The quantitative estimate of drug-likeness (QED) is 0.450. The summed E-state index contributed by atoms with van der Waals surface area (Å²) in [4.78, 5) is 10.7. The molecule has 13 heavy (non-hydrogen) atoms. The molecule has 0 amide bonds. The first-order valence-electron chi connectivity index (χ1n) is 4.83. The van der Waals surface area contributed by atoms with Gasteiger partial charge in [-0.05, 0) is 12.8 Å². The van der Waals surface area contributed by atoms with Crippen molar-refractivity contribution < 1.29 is 9.53 Å². The average Bonchev–Trinajstić information content (AvgIpc) is 2.16. The molecule has 0 bridgehead atoms. The van der Waals surface area contributed by atoms with E-state index in [1.165, 1.54) is 0 Å². The van der Waals surface area contributed by atoms with E-state index in [1.807, 2.05) is 0 Å². The first-order chi connectivity index (χ1) is 6.31. The van der Waals surface area contributed by atoms with Crippen molar-refractivity contribution in [1.29, 1.82) is 5.26 Å². The summed E-state index contributed by atoms with van der Waals surface area (Å²) in [6.45, 7) is 2.31.